The van der Waals surface area contributed by atoms with Gasteiger partial charge >= 0.3 is 0 Å². The zero-order valence-corrected chi connectivity index (χ0v) is 15.4. The molecular formula is C18H21BrN2O2. The molecule has 0 fully saturated rings. The number of hydrogen-bond acceptors (Lipinski definition) is 4. The fourth-order valence-electron chi connectivity index (χ4n) is 2.09. The molecule has 0 spiro atoms. The number of nitrogens with zero attached hydrogens (tertiary/aromatic N) is 1. The highest BCUT2D eigenvalue weighted by atomic mass is 79.9. The van der Waals surface area contributed by atoms with Crippen LogP contribution in [0.2, 0.25) is 0 Å². The van der Waals surface area contributed by atoms with Crippen molar-refractivity contribution in [2.45, 2.75) is 20.8 Å². The molecule has 4 nitrogen and oxygen atoms in total. The molecular weight excluding hydrogens is 356 g/mol. The molecule has 5 heteroatoms. The largest absolute Gasteiger partial charge is 0.493 e. The monoisotopic (exact) mass is 376 g/mol. The highest BCUT2D eigenvalue weighted by molar-refractivity contribution is 9.10. The molecule has 122 valence electrons. The maximum atomic E-state index is 5.58. The van der Waals surface area contributed by atoms with E-state index in [1.54, 1.807) is 13.3 Å². The summed E-state index contributed by atoms with van der Waals surface area (Å²) < 4.78 is 11.8. The van der Waals surface area contributed by atoms with E-state index in [1.165, 1.54) is 11.1 Å². The quantitative estimate of drug-likeness (QED) is 0.574. The second-order valence-corrected chi connectivity index (χ2v) is 5.99. The minimum Gasteiger partial charge on any atom is -0.493 e. The van der Waals surface area contributed by atoms with Gasteiger partial charge in [-0.05, 0) is 77.7 Å². The first kappa shape index (κ1) is 17.3. The SMILES string of the molecule is CCOc1c(Br)cc(/C=N/Nc2ccc(C)c(C)c2)cc1OC. The Labute approximate surface area is 145 Å². The number of anilines is 1. The summed E-state index contributed by atoms with van der Waals surface area (Å²) >= 11 is 3.51. The fraction of sp³-hybridized carbons (Fsp3) is 0.278. The predicted octanol–water partition coefficient (Wildman–Crippen LogP) is 4.92. The van der Waals surface area contributed by atoms with Crippen molar-refractivity contribution >= 4 is 27.8 Å². The zero-order valence-electron chi connectivity index (χ0n) is 13.8. The van der Waals surface area contributed by atoms with Crippen LogP contribution >= 0.6 is 15.9 Å². The second kappa shape index (κ2) is 8.02. The van der Waals surface area contributed by atoms with Crippen LogP contribution in [0.4, 0.5) is 5.69 Å². The molecule has 0 aromatic heterocycles. The molecule has 0 bridgehead atoms. The second-order valence-electron chi connectivity index (χ2n) is 5.14. The lowest BCUT2D eigenvalue weighted by Crippen LogP contribution is -1.98. The van der Waals surface area contributed by atoms with Crippen LogP contribution in [-0.2, 0) is 0 Å². The first-order chi connectivity index (χ1) is 11.0. The van der Waals surface area contributed by atoms with Crippen molar-refractivity contribution in [2.24, 2.45) is 5.10 Å². The number of rotatable bonds is 6. The Hall–Kier alpha value is -2.01. The van der Waals surface area contributed by atoms with Gasteiger partial charge in [0.1, 0.15) is 0 Å². The number of ether oxygens (including phenoxy) is 2. The summed E-state index contributed by atoms with van der Waals surface area (Å²) in [6.45, 7) is 6.69. The molecule has 0 saturated carbocycles. The van der Waals surface area contributed by atoms with Gasteiger partial charge in [0.15, 0.2) is 11.5 Å². The van der Waals surface area contributed by atoms with Gasteiger partial charge < -0.3 is 9.47 Å². The summed E-state index contributed by atoms with van der Waals surface area (Å²) in [7, 11) is 1.62. The lowest BCUT2D eigenvalue weighted by Gasteiger charge is -2.12. The first-order valence-electron chi connectivity index (χ1n) is 7.41. The van der Waals surface area contributed by atoms with Gasteiger partial charge in [-0.15, -0.1) is 0 Å². The average molecular weight is 377 g/mol. The summed E-state index contributed by atoms with van der Waals surface area (Å²) in [4.78, 5) is 0. The molecule has 1 N–H and O–H groups in total. The number of benzene rings is 2. The van der Waals surface area contributed by atoms with Gasteiger partial charge in [0, 0.05) is 0 Å². The number of hydrogen-bond donors (Lipinski definition) is 1. The van der Waals surface area contributed by atoms with Crippen molar-refractivity contribution in [1.82, 2.24) is 0 Å². The number of halogens is 1. The number of methoxy groups -OCH3 is 1. The Kier molecular flexibility index (Phi) is 6.04. The van der Waals surface area contributed by atoms with Gasteiger partial charge in [0.2, 0.25) is 0 Å². The molecule has 2 aromatic rings. The molecule has 0 aliphatic carbocycles. The Morgan fingerprint density at radius 3 is 2.61 bits per heavy atom. The molecule has 0 unspecified atom stereocenters. The van der Waals surface area contributed by atoms with E-state index >= 15 is 0 Å². The van der Waals surface area contributed by atoms with Crippen molar-refractivity contribution in [2.75, 3.05) is 19.1 Å². The van der Waals surface area contributed by atoms with Gasteiger partial charge in [-0.1, -0.05) is 6.07 Å². The fourth-order valence-corrected chi connectivity index (χ4v) is 2.67. The smallest absolute Gasteiger partial charge is 0.175 e. The van der Waals surface area contributed by atoms with Gasteiger partial charge in [-0.25, -0.2) is 0 Å². The van der Waals surface area contributed by atoms with Crippen LogP contribution < -0.4 is 14.9 Å². The Bertz CT molecular complexity index is 714. The normalized spacial score (nSPS) is 10.8. The van der Waals surface area contributed by atoms with Crippen molar-refractivity contribution in [3.8, 4) is 11.5 Å². The van der Waals surface area contributed by atoms with Crippen molar-refractivity contribution in [3.63, 3.8) is 0 Å². The number of aryl methyl sites for hydroxylation is 2. The van der Waals surface area contributed by atoms with Gasteiger partial charge in [-0.3, -0.25) is 5.43 Å². The minimum absolute atomic E-state index is 0.580. The van der Waals surface area contributed by atoms with E-state index in [9.17, 15) is 0 Å². The summed E-state index contributed by atoms with van der Waals surface area (Å²) in [5.74, 6) is 1.38. The number of hydrazone groups is 1. The molecule has 2 rings (SSSR count). The van der Waals surface area contributed by atoms with Crippen LogP contribution in [0.1, 0.15) is 23.6 Å². The third-order valence-electron chi connectivity index (χ3n) is 3.45. The molecule has 0 atom stereocenters. The Morgan fingerprint density at radius 2 is 1.96 bits per heavy atom. The van der Waals surface area contributed by atoms with E-state index < -0.39 is 0 Å². The topological polar surface area (TPSA) is 42.8 Å². The van der Waals surface area contributed by atoms with E-state index in [0.29, 0.717) is 18.1 Å². The van der Waals surface area contributed by atoms with E-state index in [2.05, 4.69) is 52.4 Å². The van der Waals surface area contributed by atoms with Gasteiger partial charge in [0.25, 0.3) is 0 Å². The maximum Gasteiger partial charge on any atom is 0.175 e. The van der Waals surface area contributed by atoms with Gasteiger partial charge in [-0.2, -0.15) is 5.10 Å². The van der Waals surface area contributed by atoms with Crippen molar-refractivity contribution < 1.29 is 9.47 Å². The first-order valence-corrected chi connectivity index (χ1v) is 8.21. The molecule has 0 saturated heterocycles. The van der Waals surface area contributed by atoms with E-state index in [0.717, 1.165) is 15.7 Å². The predicted molar refractivity (Wildman–Crippen MR) is 99.0 cm³/mol. The van der Waals surface area contributed by atoms with E-state index in [-0.39, 0.29) is 0 Å². The highest BCUT2D eigenvalue weighted by Gasteiger charge is 2.10. The average Bonchev–Trinajstić information content (AvgIpc) is 2.53. The molecule has 0 aliphatic heterocycles. The highest BCUT2D eigenvalue weighted by Crippen LogP contribution is 2.36. The summed E-state index contributed by atoms with van der Waals surface area (Å²) in [6, 6.07) is 9.99. The molecule has 0 aliphatic rings. The summed E-state index contributed by atoms with van der Waals surface area (Å²) in [6.07, 6.45) is 1.75. The third-order valence-corrected chi connectivity index (χ3v) is 4.04. The van der Waals surface area contributed by atoms with E-state index in [4.69, 9.17) is 9.47 Å². The van der Waals surface area contributed by atoms with Crippen LogP contribution in [-0.4, -0.2) is 19.9 Å². The minimum atomic E-state index is 0.580. The Balaban J connectivity index is 2.15. The molecule has 2 aromatic carbocycles. The lowest BCUT2D eigenvalue weighted by molar-refractivity contribution is 0.309. The van der Waals surface area contributed by atoms with Crippen LogP contribution in [0.15, 0.2) is 39.9 Å². The van der Waals surface area contributed by atoms with Crippen molar-refractivity contribution in [1.29, 1.82) is 0 Å². The van der Waals surface area contributed by atoms with Crippen molar-refractivity contribution in [3.05, 3.63) is 51.5 Å². The molecule has 23 heavy (non-hydrogen) atoms. The third kappa shape index (κ3) is 4.48. The lowest BCUT2D eigenvalue weighted by atomic mass is 10.1. The summed E-state index contributed by atoms with van der Waals surface area (Å²) in [5.41, 5.74) is 7.41. The summed E-state index contributed by atoms with van der Waals surface area (Å²) in [5, 5.41) is 4.28. The molecule has 0 heterocycles. The van der Waals surface area contributed by atoms with Crippen LogP contribution in [0.3, 0.4) is 0 Å². The molecule has 0 radical (unpaired) electrons. The van der Waals surface area contributed by atoms with Gasteiger partial charge in [0.05, 0.1) is 30.1 Å². The van der Waals surface area contributed by atoms with Crippen LogP contribution in [0, 0.1) is 13.8 Å². The molecule has 0 amide bonds. The Morgan fingerprint density at radius 1 is 1.17 bits per heavy atom. The zero-order chi connectivity index (χ0) is 16.8. The standard InChI is InChI=1S/C18H21BrN2O2/c1-5-23-18-16(19)9-14(10-17(18)22-4)11-20-21-15-7-6-12(2)13(3)8-15/h6-11,21H,5H2,1-4H3/b20-11+. The number of nitrogens with one attached hydrogen (secondary N) is 1. The van der Waals surface area contributed by atoms with E-state index in [1.807, 2.05) is 25.1 Å². The van der Waals surface area contributed by atoms with Crippen LogP contribution in [0.5, 0.6) is 11.5 Å². The maximum absolute atomic E-state index is 5.58. The van der Waals surface area contributed by atoms with Crippen LogP contribution in [0.25, 0.3) is 0 Å².